The third-order valence-electron chi connectivity index (χ3n) is 4.86. The molecule has 9 heteroatoms. The molecule has 3 rings (SSSR count). The van der Waals surface area contributed by atoms with Crippen LogP contribution in [0.5, 0.6) is 0 Å². The van der Waals surface area contributed by atoms with E-state index in [0.29, 0.717) is 37.4 Å². The van der Waals surface area contributed by atoms with Gasteiger partial charge in [0, 0.05) is 18.3 Å². The molecule has 154 valence electrons. The molecule has 0 aromatic heterocycles. The Balaban J connectivity index is 1.53. The Hall–Kier alpha value is -2.75. The van der Waals surface area contributed by atoms with E-state index in [4.69, 9.17) is 0 Å². The lowest BCUT2D eigenvalue weighted by atomic mass is 10.2. The van der Waals surface area contributed by atoms with Crippen molar-refractivity contribution in [2.24, 2.45) is 0 Å². The van der Waals surface area contributed by atoms with Gasteiger partial charge in [-0.2, -0.15) is 4.31 Å². The average molecular weight is 418 g/mol. The number of sulfonamides is 1. The molecule has 1 aliphatic rings. The standard InChI is InChI=1S/C20H24N4O4S/c1-21-20(26)16-6-5-7-17(14-16)22-19(25)15-23-10-12-24(13-11-23)29(27,28)18-8-3-2-4-9-18/h2-9,14H,10-13,15H2,1H3,(H,21,26)(H,22,25)/p+1. The van der Waals surface area contributed by atoms with Crippen LogP contribution in [0.15, 0.2) is 59.5 Å². The van der Waals surface area contributed by atoms with Crippen LogP contribution in [0.1, 0.15) is 10.4 Å². The number of nitrogens with one attached hydrogen (secondary N) is 3. The first-order chi connectivity index (χ1) is 13.9. The van der Waals surface area contributed by atoms with Crippen LogP contribution in [0.4, 0.5) is 5.69 Å². The van der Waals surface area contributed by atoms with E-state index in [-0.39, 0.29) is 23.3 Å². The Morgan fingerprint density at radius 2 is 1.72 bits per heavy atom. The first-order valence-electron chi connectivity index (χ1n) is 9.41. The number of carbonyl (C=O) groups is 2. The third kappa shape index (κ3) is 5.20. The molecule has 2 aromatic rings. The predicted molar refractivity (Wildman–Crippen MR) is 109 cm³/mol. The zero-order valence-corrected chi connectivity index (χ0v) is 17.0. The third-order valence-corrected chi connectivity index (χ3v) is 6.77. The number of rotatable bonds is 6. The van der Waals surface area contributed by atoms with Crippen LogP contribution in [-0.4, -0.2) is 64.3 Å². The number of amides is 2. The molecule has 1 saturated heterocycles. The second-order valence-corrected chi connectivity index (χ2v) is 8.79. The Morgan fingerprint density at radius 1 is 1.03 bits per heavy atom. The maximum Gasteiger partial charge on any atom is 0.279 e. The molecule has 29 heavy (non-hydrogen) atoms. The summed E-state index contributed by atoms with van der Waals surface area (Å²) in [5.74, 6) is -0.393. The van der Waals surface area contributed by atoms with E-state index in [2.05, 4.69) is 10.6 Å². The van der Waals surface area contributed by atoms with Gasteiger partial charge in [-0.15, -0.1) is 0 Å². The topological polar surface area (TPSA) is 100 Å². The molecule has 0 bridgehead atoms. The van der Waals surface area contributed by atoms with Crippen molar-refractivity contribution in [2.75, 3.05) is 45.1 Å². The molecular weight excluding hydrogens is 392 g/mol. The minimum absolute atomic E-state index is 0.173. The van der Waals surface area contributed by atoms with Gasteiger partial charge < -0.3 is 15.5 Å². The van der Waals surface area contributed by atoms with Crippen LogP contribution in [0.25, 0.3) is 0 Å². The maximum atomic E-state index is 12.7. The highest BCUT2D eigenvalue weighted by Gasteiger charge is 2.31. The lowest BCUT2D eigenvalue weighted by molar-refractivity contribution is -0.895. The summed E-state index contributed by atoms with van der Waals surface area (Å²) >= 11 is 0. The van der Waals surface area contributed by atoms with Crippen molar-refractivity contribution in [1.29, 1.82) is 0 Å². The quantitative estimate of drug-likeness (QED) is 0.594. The van der Waals surface area contributed by atoms with E-state index >= 15 is 0 Å². The number of piperazine rings is 1. The normalized spacial score (nSPS) is 15.6. The number of quaternary nitrogens is 1. The van der Waals surface area contributed by atoms with E-state index in [1.54, 1.807) is 61.6 Å². The number of anilines is 1. The molecule has 1 aliphatic heterocycles. The molecule has 8 nitrogen and oxygen atoms in total. The van der Waals surface area contributed by atoms with Crippen LogP contribution < -0.4 is 15.5 Å². The van der Waals surface area contributed by atoms with E-state index < -0.39 is 10.0 Å². The molecular formula is C20H25N4O4S+. The summed E-state index contributed by atoms with van der Waals surface area (Å²) in [5, 5.41) is 5.35. The van der Waals surface area contributed by atoms with Crippen LogP contribution in [-0.2, 0) is 14.8 Å². The van der Waals surface area contributed by atoms with Crippen molar-refractivity contribution in [3.05, 3.63) is 60.2 Å². The van der Waals surface area contributed by atoms with Crippen LogP contribution >= 0.6 is 0 Å². The van der Waals surface area contributed by atoms with Gasteiger partial charge in [0.2, 0.25) is 10.0 Å². The second kappa shape index (κ2) is 9.17. The molecule has 2 aromatic carbocycles. The van der Waals surface area contributed by atoms with Gasteiger partial charge in [-0.3, -0.25) is 9.59 Å². The van der Waals surface area contributed by atoms with E-state index in [9.17, 15) is 18.0 Å². The van der Waals surface area contributed by atoms with Gasteiger partial charge >= 0.3 is 0 Å². The molecule has 1 fully saturated rings. The smallest absolute Gasteiger partial charge is 0.279 e. The van der Waals surface area contributed by atoms with Crippen molar-refractivity contribution in [3.8, 4) is 0 Å². The Morgan fingerprint density at radius 3 is 2.38 bits per heavy atom. The second-order valence-electron chi connectivity index (χ2n) is 6.85. The zero-order chi connectivity index (χ0) is 20.9. The fourth-order valence-electron chi connectivity index (χ4n) is 3.28. The van der Waals surface area contributed by atoms with Gasteiger partial charge in [0.25, 0.3) is 11.8 Å². The van der Waals surface area contributed by atoms with Gasteiger partial charge in [-0.05, 0) is 30.3 Å². The lowest BCUT2D eigenvalue weighted by Gasteiger charge is -2.31. The Kier molecular flexibility index (Phi) is 6.63. The van der Waals surface area contributed by atoms with E-state index in [1.165, 1.54) is 4.31 Å². The summed E-state index contributed by atoms with van der Waals surface area (Å²) in [4.78, 5) is 25.4. The van der Waals surface area contributed by atoms with Crippen LogP contribution in [0.3, 0.4) is 0 Å². The van der Waals surface area contributed by atoms with Crippen molar-refractivity contribution >= 4 is 27.5 Å². The minimum Gasteiger partial charge on any atom is -0.355 e. The summed E-state index contributed by atoms with van der Waals surface area (Å²) in [6, 6.07) is 15.1. The lowest BCUT2D eigenvalue weighted by Crippen LogP contribution is -3.15. The Labute approximate surface area is 170 Å². The fraction of sp³-hybridized carbons (Fsp3) is 0.300. The average Bonchev–Trinajstić information content (AvgIpc) is 2.74. The number of hydrogen-bond donors (Lipinski definition) is 3. The molecule has 0 saturated carbocycles. The fourth-order valence-corrected chi connectivity index (χ4v) is 4.74. The first kappa shape index (κ1) is 21.0. The van der Waals surface area contributed by atoms with Gasteiger partial charge in [-0.25, -0.2) is 8.42 Å². The van der Waals surface area contributed by atoms with Gasteiger partial charge in [0.05, 0.1) is 31.1 Å². The Bertz CT molecular complexity index is 971. The maximum absolute atomic E-state index is 12.7. The van der Waals surface area contributed by atoms with Gasteiger partial charge in [0.1, 0.15) is 0 Å². The first-order valence-corrected chi connectivity index (χ1v) is 10.8. The van der Waals surface area contributed by atoms with Crippen LogP contribution in [0.2, 0.25) is 0 Å². The van der Waals surface area contributed by atoms with Gasteiger partial charge in [-0.1, -0.05) is 24.3 Å². The summed E-state index contributed by atoms with van der Waals surface area (Å²) < 4.78 is 26.8. The number of benzene rings is 2. The van der Waals surface area contributed by atoms with E-state index in [1.807, 2.05) is 0 Å². The SMILES string of the molecule is CNC(=O)c1cccc(NC(=O)C[NH+]2CCN(S(=O)(=O)c3ccccc3)CC2)c1. The van der Waals surface area contributed by atoms with Crippen molar-refractivity contribution in [1.82, 2.24) is 9.62 Å². The van der Waals surface area contributed by atoms with Crippen molar-refractivity contribution < 1.29 is 22.9 Å². The van der Waals surface area contributed by atoms with Crippen molar-refractivity contribution in [3.63, 3.8) is 0 Å². The summed E-state index contributed by atoms with van der Waals surface area (Å²) in [7, 11) is -1.95. The zero-order valence-electron chi connectivity index (χ0n) is 16.2. The van der Waals surface area contributed by atoms with E-state index in [0.717, 1.165) is 4.90 Å². The molecule has 0 aliphatic carbocycles. The molecule has 2 amide bonds. The molecule has 0 atom stereocenters. The summed E-state index contributed by atoms with van der Waals surface area (Å²) in [6.45, 7) is 2.08. The number of nitrogens with zero attached hydrogens (tertiary/aromatic N) is 1. The molecule has 3 N–H and O–H groups in total. The highest BCUT2D eigenvalue weighted by molar-refractivity contribution is 7.89. The molecule has 0 unspecified atom stereocenters. The number of carbonyl (C=O) groups excluding carboxylic acids is 2. The predicted octanol–water partition coefficient (Wildman–Crippen LogP) is -0.426. The largest absolute Gasteiger partial charge is 0.355 e. The molecule has 0 radical (unpaired) electrons. The number of hydrogen-bond acceptors (Lipinski definition) is 4. The molecule has 1 heterocycles. The van der Waals surface area contributed by atoms with Crippen molar-refractivity contribution in [2.45, 2.75) is 4.90 Å². The van der Waals surface area contributed by atoms with Crippen LogP contribution in [0, 0.1) is 0 Å². The summed E-state index contributed by atoms with van der Waals surface area (Å²) in [6.07, 6.45) is 0. The van der Waals surface area contributed by atoms with Gasteiger partial charge in [0.15, 0.2) is 6.54 Å². The minimum atomic E-state index is -3.50. The summed E-state index contributed by atoms with van der Waals surface area (Å²) in [5.41, 5.74) is 1.03. The highest BCUT2D eigenvalue weighted by atomic mass is 32.2. The highest BCUT2D eigenvalue weighted by Crippen LogP contribution is 2.15. The monoisotopic (exact) mass is 417 g/mol. The molecule has 0 spiro atoms.